The van der Waals surface area contributed by atoms with Crippen molar-refractivity contribution in [2.75, 3.05) is 13.7 Å². The van der Waals surface area contributed by atoms with Crippen molar-refractivity contribution in [1.82, 2.24) is 4.98 Å². The second kappa shape index (κ2) is 6.31. The summed E-state index contributed by atoms with van der Waals surface area (Å²) in [6.45, 7) is 0.338. The maximum Gasteiger partial charge on any atom is 0.118 e. The number of nitrogens with two attached hydrogens (primary N) is 1. The van der Waals surface area contributed by atoms with E-state index in [2.05, 4.69) is 4.98 Å². The third-order valence-corrected chi connectivity index (χ3v) is 3.16. The monoisotopic (exact) mass is 258 g/mol. The van der Waals surface area contributed by atoms with E-state index in [4.69, 9.17) is 10.5 Å². The fourth-order valence-corrected chi connectivity index (χ4v) is 2.04. The Bertz CT molecular complexity index is 499. The van der Waals surface area contributed by atoms with Gasteiger partial charge >= 0.3 is 0 Å². The minimum atomic E-state index is -0.675. The molecule has 2 unspecified atom stereocenters. The van der Waals surface area contributed by atoms with E-state index in [1.807, 2.05) is 42.5 Å². The first-order chi connectivity index (χ1) is 9.26. The molecule has 0 saturated carbocycles. The molecule has 1 aromatic carbocycles. The standard InChI is InChI=1S/C15H18N2O2/c1-19-12-7-5-11(6-8-12)15(18)13(10-16)14-4-2-3-9-17-14/h2-9,13,15,18H,10,16H2,1H3. The molecule has 19 heavy (non-hydrogen) atoms. The predicted molar refractivity (Wildman–Crippen MR) is 74.0 cm³/mol. The first-order valence-electron chi connectivity index (χ1n) is 6.19. The summed E-state index contributed by atoms with van der Waals surface area (Å²) in [5.41, 5.74) is 7.38. The number of rotatable bonds is 5. The molecule has 0 fully saturated rings. The fraction of sp³-hybridized carbons (Fsp3) is 0.267. The van der Waals surface area contributed by atoms with Gasteiger partial charge in [-0.3, -0.25) is 4.98 Å². The highest BCUT2D eigenvalue weighted by Crippen LogP contribution is 2.29. The summed E-state index contributed by atoms with van der Waals surface area (Å²) >= 11 is 0. The van der Waals surface area contributed by atoms with Gasteiger partial charge in [-0.1, -0.05) is 18.2 Å². The Labute approximate surface area is 112 Å². The highest BCUT2D eigenvalue weighted by Gasteiger charge is 2.22. The van der Waals surface area contributed by atoms with Gasteiger partial charge in [-0.15, -0.1) is 0 Å². The summed E-state index contributed by atoms with van der Waals surface area (Å²) in [6.07, 6.45) is 1.03. The molecule has 2 rings (SSSR count). The maximum atomic E-state index is 10.4. The van der Waals surface area contributed by atoms with E-state index >= 15 is 0 Å². The molecule has 1 heterocycles. The van der Waals surface area contributed by atoms with Gasteiger partial charge in [-0.05, 0) is 29.8 Å². The van der Waals surface area contributed by atoms with Gasteiger partial charge < -0.3 is 15.6 Å². The molecular formula is C15H18N2O2. The first-order valence-corrected chi connectivity index (χ1v) is 6.19. The Balaban J connectivity index is 2.22. The fourth-order valence-electron chi connectivity index (χ4n) is 2.04. The lowest BCUT2D eigenvalue weighted by molar-refractivity contribution is 0.145. The minimum Gasteiger partial charge on any atom is -0.497 e. The summed E-state index contributed by atoms with van der Waals surface area (Å²) in [5, 5.41) is 10.4. The highest BCUT2D eigenvalue weighted by molar-refractivity contribution is 5.30. The Hall–Kier alpha value is -1.91. The van der Waals surface area contributed by atoms with Crippen LogP contribution in [-0.4, -0.2) is 23.7 Å². The van der Waals surface area contributed by atoms with E-state index in [9.17, 15) is 5.11 Å². The van der Waals surface area contributed by atoms with Crippen LogP contribution in [0.5, 0.6) is 5.75 Å². The van der Waals surface area contributed by atoms with Crippen LogP contribution in [0.1, 0.15) is 23.3 Å². The molecule has 4 heteroatoms. The number of benzene rings is 1. The third-order valence-electron chi connectivity index (χ3n) is 3.16. The van der Waals surface area contributed by atoms with Gasteiger partial charge in [0.25, 0.3) is 0 Å². The van der Waals surface area contributed by atoms with Crippen LogP contribution in [0, 0.1) is 0 Å². The van der Waals surface area contributed by atoms with Gasteiger partial charge in [0.1, 0.15) is 5.75 Å². The summed E-state index contributed by atoms with van der Waals surface area (Å²) in [5.74, 6) is 0.549. The molecule has 3 N–H and O–H groups in total. The number of aromatic nitrogens is 1. The lowest BCUT2D eigenvalue weighted by atomic mass is 9.92. The summed E-state index contributed by atoms with van der Waals surface area (Å²) < 4.78 is 5.10. The first kappa shape index (κ1) is 13.5. The average molecular weight is 258 g/mol. The van der Waals surface area contributed by atoms with Crippen molar-refractivity contribution in [2.45, 2.75) is 12.0 Å². The molecule has 0 spiro atoms. The molecule has 2 aromatic rings. The van der Waals surface area contributed by atoms with Gasteiger partial charge in [0.15, 0.2) is 0 Å². The van der Waals surface area contributed by atoms with Crippen LogP contribution in [0.15, 0.2) is 48.7 Å². The number of methoxy groups -OCH3 is 1. The number of aliphatic hydroxyl groups is 1. The smallest absolute Gasteiger partial charge is 0.118 e. The molecule has 1 aromatic heterocycles. The van der Waals surface area contributed by atoms with Crippen molar-refractivity contribution in [3.63, 3.8) is 0 Å². The van der Waals surface area contributed by atoms with Crippen LogP contribution in [0.2, 0.25) is 0 Å². The van der Waals surface area contributed by atoms with E-state index in [1.54, 1.807) is 13.3 Å². The Kier molecular flexibility index (Phi) is 4.49. The van der Waals surface area contributed by atoms with Crippen molar-refractivity contribution < 1.29 is 9.84 Å². The Morgan fingerprint density at radius 3 is 2.47 bits per heavy atom. The number of ether oxygens (including phenoxy) is 1. The molecule has 0 amide bonds. The number of hydrogen-bond donors (Lipinski definition) is 2. The average Bonchev–Trinajstić information content (AvgIpc) is 2.49. The van der Waals surface area contributed by atoms with Crippen molar-refractivity contribution in [1.29, 1.82) is 0 Å². The molecule has 4 nitrogen and oxygen atoms in total. The molecule has 0 aliphatic heterocycles. The van der Waals surface area contributed by atoms with E-state index < -0.39 is 6.10 Å². The third kappa shape index (κ3) is 3.10. The van der Waals surface area contributed by atoms with Crippen molar-refractivity contribution in [3.05, 3.63) is 59.9 Å². The van der Waals surface area contributed by atoms with E-state index in [0.717, 1.165) is 17.0 Å². The van der Waals surface area contributed by atoms with E-state index in [0.29, 0.717) is 6.54 Å². The van der Waals surface area contributed by atoms with Crippen molar-refractivity contribution in [2.24, 2.45) is 5.73 Å². The van der Waals surface area contributed by atoms with Crippen LogP contribution in [0.3, 0.4) is 0 Å². The van der Waals surface area contributed by atoms with Gasteiger partial charge in [-0.2, -0.15) is 0 Å². The lowest BCUT2D eigenvalue weighted by Gasteiger charge is -2.21. The maximum absolute atomic E-state index is 10.4. The zero-order valence-corrected chi connectivity index (χ0v) is 10.9. The van der Waals surface area contributed by atoms with Gasteiger partial charge in [0, 0.05) is 24.4 Å². The molecular weight excluding hydrogens is 240 g/mol. The Morgan fingerprint density at radius 1 is 1.21 bits per heavy atom. The molecule has 100 valence electrons. The molecule has 0 aliphatic carbocycles. The van der Waals surface area contributed by atoms with E-state index in [-0.39, 0.29) is 5.92 Å². The molecule has 0 saturated heterocycles. The number of aliphatic hydroxyl groups excluding tert-OH is 1. The van der Waals surface area contributed by atoms with E-state index in [1.165, 1.54) is 0 Å². The molecule has 0 aliphatic rings. The Morgan fingerprint density at radius 2 is 1.95 bits per heavy atom. The zero-order chi connectivity index (χ0) is 13.7. The number of nitrogens with zero attached hydrogens (tertiary/aromatic N) is 1. The van der Waals surface area contributed by atoms with Gasteiger partial charge in [-0.25, -0.2) is 0 Å². The van der Waals surface area contributed by atoms with Gasteiger partial charge in [0.2, 0.25) is 0 Å². The van der Waals surface area contributed by atoms with Crippen LogP contribution in [-0.2, 0) is 0 Å². The normalized spacial score (nSPS) is 13.8. The summed E-state index contributed by atoms with van der Waals surface area (Å²) in [7, 11) is 1.61. The van der Waals surface area contributed by atoms with Crippen LogP contribution < -0.4 is 10.5 Å². The van der Waals surface area contributed by atoms with Crippen LogP contribution in [0.25, 0.3) is 0 Å². The topological polar surface area (TPSA) is 68.4 Å². The highest BCUT2D eigenvalue weighted by atomic mass is 16.5. The van der Waals surface area contributed by atoms with Crippen molar-refractivity contribution in [3.8, 4) is 5.75 Å². The second-order valence-electron chi connectivity index (χ2n) is 4.31. The second-order valence-corrected chi connectivity index (χ2v) is 4.31. The largest absolute Gasteiger partial charge is 0.497 e. The predicted octanol–water partition coefficient (Wildman–Crippen LogP) is 1.87. The van der Waals surface area contributed by atoms with Crippen molar-refractivity contribution >= 4 is 0 Å². The summed E-state index contributed by atoms with van der Waals surface area (Å²) in [6, 6.07) is 13.0. The SMILES string of the molecule is COc1ccc(C(O)C(CN)c2ccccn2)cc1. The zero-order valence-electron chi connectivity index (χ0n) is 10.9. The minimum absolute atomic E-state index is 0.213. The summed E-state index contributed by atoms with van der Waals surface area (Å²) in [4.78, 5) is 4.27. The molecule has 0 bridgehead atoms. The number of pyridine rings is 1. The quantitative estimate of drug-likeness (QED) is 0.859. The molecule has 2 atom stereocenters. The van der Waals surface area contributed by atoms with Crippen LogP contribution >= 0.6 is 0 Å². The number of hydrogen-bond acceptors (Lipinski definition) is 4. The van der Waals surface area contributed by atoms with Crippen LogP contribution in [0.4, 0.5) is 0 Å². The molecule has 0 radical (unpaired) electrons. The lowest BCUT2D eigenvalue weighted by Crippen LogP contribution is -2.21. The van der Waals surface area contributed by atoms with Gasteiger partial charge in [0.05, 0.1) is 13.2 Å².